The zero-order valence-corrected chi connectivity index (χ0v) is 11.8. The van der Waals surface area contributed by atoms with Crippen LogP contribution in [0.5, 0.6) is 0 Å². The maximum absolute atomic E-state index is 6.13. The molecule has 1 aromatic heterocycles. The Kier molecular flexibility index (Phi) is 4.61. The highest BCUT2D eigenvalue weighted by atomic mass is 35.5. The lowest BCUT2D eigenvalue weighted by Crippen LogP contribution is -2.24. The molecule has 0 radical (unpaired) electrons. The van der Waals surface area contributed by atoms with Crippen molar-refractivity contribution in [3.05, 3.63) is 29.4 Å². The first-order chi connectivity index (χ1) is 8.76. The van der Waals surface area contributed by atoms with Crippen molar-refractivity contribution < 1.29 is 0 Å². The summed E-state index contributed by atoms with van der Waals surface area (Å²) < 4.78 is 2.02. The van der Waals surface area contributed by atoms with E-state index < -0.39 is 0 Å². The van der Waals surface area contributed by atoms with Crippen molar-refractivity contribution in [1.29, 1.82) is 0 Å². The molecule has 1 aromatic carbocycles. The van der Waals surface area contributed by atoms with Crippen LogP contribution in [0.3, 0.4) is 0 Å². The molecule has 0 spiro atoms. The molecule has 98 valence electrons. The summed E-state index contributed by atoms with van der Waals surface area (Å²) in [6.07, 6.45) is 1.10. The Balaban J connectivity index is 2.04. The Morgan fingerprint density at radius 2 is 1.94 bits per heavy atom. The van der Waals surface area contributed by atoms with E-state index in [9.17, 15) is 0 Å². The van der Waals surface area contributed by atoms with E-state index in [2.05, 4.69) is 29.9 Å². The number of hydrogen-bond acceptors (Lipinski definition) is 2. The standard InChI is InChI=1S/C14H20ClN3/c1-3-17(4-2)10-7-11-18-13-9-6-5-8-12(13)14(15)16-18/h5-6,8-9H,3-4,7,10-11H2,1-2H3. The maximum Gasteiger partial charge on any atom is 0.158 e. The van der Waals surface area contributed by atoms with Crippen LogP contribution in [0.1, 0.15) is 20.3 Å². The Morgan fingerprint density at radius 3 is 2.67 bits per heavy atom. The first-order valence-corrected chi connectivity index (χ1v) is 6.97. The summed E-state index contributed by atoms with van der Waals surface area (Å²) >= 11 is 6.13. The van der Waals surface area contributed by atoms with Crippen molar-refractivity contribution in [2.75, 3.05) is 19.6 Å². The number of aryl methyl sites for hydroxylation is 1. The summed E-state index contributed by atoms with van der Waals surface area (Å²) in [4.78, 5) is 2.42. The van der Waals surface area contributed by atoms with Crippen LogP contribution in [0.25, 0.3) is 10.9 Å². The number of benzene rings is 1. The average Bonchev–Trinajstić information content (AvgIpc) is 2.72. The lowest BCUT2D eigenvalue weighted by molar-refractivity contribution is 0.292. The number of halogens is 1. The van der Waals surface area contributed by atoms with Gasteiger partial charge in [0.25, 0.3) is 0 Å². The van der Waals surface area contributed by atoms with Crippen LogP contribution in [0, 0.1) is 0 Å². The molecule has 0 saturated carbocycles. The first kappa shape index (κ1) is 13.4. The largest absolute Gasteiger partial charge is 0.304 e. The third-order valence-corrected chi connectivity index (χ3v) is 3.63. The Hall–Kier alpha value is -1.06. The van der Waals surface area contributed by atoms with E-state index in [1.165, 1.54) is 0 Å². The van der Waals surface area contributed by atoms with Crippen LogP contribution < -0.4 is 0 Å². The SMILES string of the molecule is CCN(CC)CCCn1nc(Cl)c2ccccc21. The predicted octanol–water partition coefficient (Wildman–Crippen LogP) is 3.42. The molecule has 0 N–H and O–H groups in total. The van der Waals surface area contributed by atoms with E-state index in [1.54, 1.807) is 0 Å². The zero-order valence-electron chi connectivity index (χ0n) is 11.1. The van der Waals surface area contributed by atoms with Crippen molar-refractivity contribution in [3.8, 4) is 0 Å². The van der Waals surface area contributed by atoms with Gasteiger partial charge in [-0.25, -0.2) is 0 Å². The van der Waals surface area contributed by atoms with Crippen molar-refractivity contribution in [2.45, 2.75) is 26.8 Å². The lowest BCUT2D eigenvalue weighted by atomic mass is 10.2. The summed E-state index contributed by atoms with van der Waals surface area (Å²) in [6, 6.07) is 8.12. The third-order valence-electron chi connectivity index (χ3n) is 3.35. The highest BCUT2D eigenvalue weighted by molar-refractivity contribution is 6.34. The quantitative estimate of drug-likeness (QED) is 0.798. The molecule has 0 aliphatic carbocycles. The third kappa shape index (κ3) is 2.85. The van der Waals surface area contributed by atoms with Crippen molar-refractivity contribution in [3.63, 3.8) is 0 Å². The highest BCUT2D eigenvalue weighted by Crippen LogP contribution is 2.22. The van der Waals surface area contributed by atoms with E-state index in [0.29, 0.717) is 5.15 Å². The number of nitrogens with zero attached hydrogens (tertiary/aromatic N) is 3. The van der Waals surface area contributed by atoms with Gasteiger partial charge >= 0.3 is 0 Å². The minimum atomic E-state index is 0.605. The molecule has 0 saturated heterocycles. The molecule has 0 bridgehead atoms. The summed E-state index contributed by atoms with van der Waals surface area (Å²) in [6.45, 7) is 8.64. The second-order valence-electron chi connectivity index (χ2n) is 4.41. The molecular formula is C14H20ClN3. The predicted molar refractivity (Wildman–Crippen MR) is 77.1 cm³/mol. The molecule has 0 fully saturated rings. The Labute approximate surface area is 113 Å². The highest BCUT2D eigenvalue weighted by Gasteiger charge is 2.07. The van der Waals surface area contributed by atoms with Gasteiger partial charge in [-0.2, -0.15) is 5.10 Å². The molecule has 2 aromatic rings. The molecule has 0 amide bonds. The van der Waals surface area contributed by atoms with Crippen LogP contribution in [0.4, 0.5) is 0 Å². The van der Waals surface area contributed by atoms with Gasteiger partial charge in [0.1, 0.15) is 0 Å². The van der Waals surface area contributed by atoms with Gasteiger partial charge in [0.15, 0.2) is 5.15 Å². The second kappa shape index (κ2) is 6.21. The van der Waals surface area contributed by atoms with Crippen LogP contribution in [0.2, 0.25) is 5.15 Å². The van der Waals surface area contributed by atoms with Gasteiger partial charge in [-0.1, -0.05) is 37.6 Å². The van der Waals surface area contributed by atoms with E-state index in [0.717, 1.165) is 43.5 Å². The van der Waals surface area contributed by atoms with E-state index >= 15 is 0 Å². The molecule has 0 aliphatic heterocycles. The molecule has 0 unspecified atom stereocenters. The number of aromatic nitrogens is 2. The summed E-state index contributed by atoms with van der Waals surface area (Å²) in [7, 11) is 0. The van der Waals surface area contributed by atoms with Crippen molar-refractivity contribution >= 4 is 22.5 Å². The van der Waals surface area contributed by atoms with Crippen LogP contribution in [0.15, 0.2) is 24.3 Å². The van der Waals surface area contributed by atoms with Gasteiger partial charge in [-0.3, -0.25) is 4.68 Å². The molecule has 3 nitrogen and oxygen atoms in total. The number of hydrogen-bond donors (Lipinski definition) is 0. The van der Waals surface area contributed by atoms with E-state index in [4.69, 9.17) is 11.6 Å². The smallest absolute Gasteiger partial charge is 0.158 e. The number of rotatable bonds is 6. The minimum Gasteiger partial charge on any atom is -0.304 e. The summed E-state index contributed by atoms with van der Waals surface area (Å²) in [5, 5.41) is 6.05. The molecule has 18 heavy (non-hydrogen) atoms. The zero-order chi connectivity index (χ0) is 13.0. The Morgan fingerprint density at radius 1 is 1.22 bits per heavy atom. The van der Waals surface area contributed by atoms with E-state index in [1.807, 2.05) is 22.9 Å². The van der Waals surface area contributed by atoms with Gasteiger partial charge < -0.3 is 4.90 Å². The van der Waals surface area contributed by atoms with Gasteiger partial charge in [0.05, 0.1) is 5.52 Å². The van der Waals surface area contributed by atoms with Crippen LogP contribution >= 0.6 is 11.6 Å². The van der Waals surface area contributed by atoms with Gasteiger partial charge in [-0.05, 0) is 38.2 Å². The molecule has 0 aliphatic rings. The fourth-order valence-corrected chi connectivity index (χ4v) is 2.49. The Bertz CT molecular complexity index is 503. The van der Waals surface area contributed by atoms with Crippen LogP contribution in [-0.4, -0.2) is 34.3 Å². The topological polar surface area (TPSA) is 21.1 Å². The maximum atomic E-state index is 6.13. The molecule has 1 heterocycles. The number of para-hydroxylation sites is 1. The minimum absolute atomic E-state index is 0.605. The summed E-state index contributed by atoms with van der Waals surface area (Å²) in [5.74, 6) is 0. The monoisotopic (exact) mass is 265 g/mol. The molecule has 2 rings (SSSR count). The lowest BCUT2D eigenvalue weighted by Gasteiger charge is -2.17. The van der Waals surface area contributed by atoms with Gasteiger partial charge in [0.2, 0.25) is 0 Å². The van der Waals surface area contributed by atoms with Gasteiger partial charge in [-0.15, -0.1) is 0 Å². The first-order valence-electron chi connectivity index (χ1n) is 6.59. The van der Waals surface area contributed by atoms with E-state index in [-0.39, 0.29) is 0 Å². The van der Waals surface area contributed by atoms with Crippen molar-refractivity contribution in [2.24, 2.45) is 0 Å². The average molecular weight is 266 g/mol. The molecule has 0 atom stereocenters. The molecule has 4 heteroatoms. The number of fused-ring (bicyclic) bond motifs is 1. The van der Waals surface area contributed by atoms with Gasteiger partial charge in [0, 0.05) is 11.9 Å². The fourth-order valence-electron chi connectivity index (χ4n) is 2.24. The molecular weight excluding hydrogens is 246 g/mol. The fraction of sp³-hybridized carbons (Fsp3) is 0.500. The van der Waals surface area contributed by atoms with Crippen LogP contribution in [-0.2, 0) is 6.54 Å². The second-order valence-corrected chi connectivity index (χ2v) is 4.77. The summed E-state index contributed by atoms with van der Waals surface area (Å²) in [5.41, 5.74) is 1.13. The van der Waals surface area contributed by atoms with Crippen molar-refractivity contribution in [1.82, 2.24) is 14.7 Å². The normalized spacial score (nSPS) is 11.6.